The Morgan fingerprint density at radius 3 is 2.80 bits per heavy atom. The molecule has 0 spiro atoms. The molecule has 0 aromatic heterocycles. The molecule has 0 aromatic rings. The first-order valence-electron chi connectivity index (χ1n) is 3.50. The van der Waals surface area contributed by atoms with Crippen molar-refractivity contribution in [1.29, 1.82) is 0 Å². The van der Waals surface area contributed by atoms with Crippen LogP contribution in [0.5, 0.6) is 0 Å². The van der Waals surface area contributed by atoms with E-state index in [4.69, 9.17) is 5.84 Å². The van der Waals surface area contributed by atoms with Crippen molar-refractivity contribution < 1.29 is 0 Å². The van der Waals surface area contributed by atoms with Gasteiger partial charge in [0.25, 0.3) is 0 Å². The minimum Gasteiger partial charge on any atom is -0.271 e. The van der Waals surface area contributed by atoms with Crippen molar-refractivity contribution in [2.75, 3.05) is 0 Å². The summed E-state index contributed by atoms with van der Waals surface area (Å²) in [5.41, 5.74) is 4.05. The minimum absolute atomic E-state index is 0.0283. The van der Waals surface area contributed by atoms with Crippen molar-refractivity contribution in [3.8, 4) is 0 Å². The van der Waals surface area contributed by atoms with Gasteiger partial charge in [-0.3, -0.25) is 11.3 Å². The topological polar surface area (TPSA) is 38.0 Å². The first-order valence-corrected chi connectivity index (χ1v) is 3.50. The molecule has 56 valence electrons. The summed E-state index contributed by atoms with van der Waals surface area (Å²) in [7, 11) is 0. The lowest BCUT2D eigenvalue weighted by Crippen LogP contribution is -2.45. The van der Waals surface area contributed by atoms with E-state index < -0.39 is 0 Å². The van der Waals surface area contributed by atoms with Gasteiger partial charge in [-0.25, -0.2) is 0 Å². The summed E-state index contributed by atoms with van der Waals surface area (Å²) < 4.78 is 0. The number of rotatable bonds is 1. The van der Waals surface area contributed by atoms with E-state index in [1.54, 1.807) is 0 Å². The molecule has 0 fully saturated rings. The molecule has 1 unspecified atom stereocenters. The first-order chi connectivity index (χ1) is 4.66. The maximum absolute atomic E-state index is 5.35. The third kappa shape index (κ3) is 1.46. The lowest BCUT2D eigenvalue weighted by atomic mass is 9.92. The van der Waals surface area contributed by atoms with Crippen LogP contribution in [-0.2, 0) is 0 Å². The van der Waals surface area contributed by atoms with Gasteiger partial charge in [0.2, 0.25) is 0 Å². The van der Waals surface area contributed by atoms with Gasteiger partial charge in [0.05, 0.1) is 5.54 Å². The lowest BCUT2D eigenvalue weighted by Gasteiger charge is -2.26. The number of allylic oxidation sites excluding steroid dienone is 2. The third-order valence-corrected chi connectivity index (χ3v) is 1.89. The molecule has 0 saturated carbocycles. The van der Waals surface area contributed by atoms with E-state index in [9.17, 15) is 0 Å². The normalized spacial score (nSPS) is 32.1. The van der Waals surface area contributed by atoms with Crippen LogP contribution in [0.2, 0.25) is 0 Å². The lowest BCUT2D eigenvalue weighted by molar-refractivity contribution is 0.449. The van der Waals surface area contributed by atoms with Gasteiger partial charge in [0, 0.05) is 0 Å². The van der Waals surface area contributed by atoms with Crippen LogP contribution in [0.15, 0.2) is 23.8 Å². The number of nitrogens with two attached hydrogens (primary N) is 1. The highest BCUT2D eigenvalue weighted by atomic mass is 15.3. The summed E-state index contributed by atoms with van der Waals surface area (Å²) in [5, 5.41) is 0. The average molecular weight is 138 g/mol. The van der Waals surface area contributed by atoms with Crippen LogP contribution in [-0.4, -0.2) is 5.54 Å². The Kier molecular flexibility index (Phi) is 1.92. The Labute approximate surface area is 61.8 Å². The first kappa shape index (κ1) is 7.51. The molecule has 3 N–H and O–H groups in total. The molecular weight excluding hydrogens is 124 g/mol. The number of hydrogen-bond donors (Lipinski definition) is 2. The monoisotopic (exact) mass is 138 g/mol. The van der Waals surface area contributed by atoms with Crippen LogP contribution in [0, 0.1) is 0 Å². The van der Waals surface area contributed by atoms with E-state index in [1.165, 1.54) is 5.57 Å². The quantitative estimate of drug-likeness (QED) is 0.421. The Morgan fingerprint density at radius 1 is 1.70 bits per heavy atom. The van der Waals surface area contributed by atoms with Gasteiger partial charge in [-0.1, -0.05) is 23.8 Å². The number of hydrazine groups is 1. The predicted octanol–water partition coefficient (Wildman–Crippen LogP) is 1.11. The fourth-order valence-electron chi connectivity index (χ4n) is 0.931. The summed E-state index contributed by atoms with van der Waals surface area (Å²) in [6.07, 6.45) is 7.34. The van der Waals surface area contributed by atoms with E-state index in [0.29, 0.717) is 0 Å². The van der Waals surface area contributed by atoms with E-state index >= 15 is 0 Å². The Bertz CT molecular complexity index is 182. The second-order valence-electron chi connectivity index (χ2n) is 3.05. The summed E-state index contributed by atoms with van der Waals surface area (Å²) >= 11 is 0. The molecule has 0 aromatic carbocycles. The molecule has 10 heavy (non-hydrogen) atoms. The highest BCUT2D eigenvalue weighted by Gasteiger charge is 2.18. The zero-order valence-corrected chi connectivity index (χ0v) is 6.52. The van der Waals surface area contributed by atoms with Gasteiger partial charge in [-0.2, -0.15) is 0 Å². The van der Waals surface area contributed by atoms with Gasteiger partial charge < -0.3 is 0 Å². The number of nitrogens with one attached hydrogen (secondary N) is 1. The average Bonchev–Trinajstić information content (AvgIpc) is 1.96. The predicted molar refractivity (Wildman–Crippen MR) is 43.2 cm³/mol. The highest BCUT2D eigenvalue weighted by molar-refractivity contribution is 5.26. The smallest absolute Gasteiger partial charge is 0.0510 e. The molecule has 0 heterocycles. The summed E-state index contributed by atoms with van der Waals surface area (Å²) in [5.74, 6) is 5.35. The Morgan fingerprint density at radius 2 is 2.40 bits per heavy atom. The molecule has 0 aliphatic heterocycles. The SMILES string of the molecule is CC1=CCC(C)(NN)C=C1. The summed E-state index contributed by atoms with van der Waals surface area (Å²) in [4.78, 5) is 0. The molecular formula is C8H14N2. The van der Waals surface area contributed by atoms with Crippen LogP contribution < -0.4 is 11.3 Å². The molecule has 2 heteroatoms. The van der Waals surface area contributed by atoms with E-state index in [-0.39, 0.29) is 5.54 Å². The van der Waals surface area contributed by atoms with Crippen molar-refractivity contribution in [2.45, 2.75) is 25.8 Å². The molecule has 1 atom stereocenters. The molecule has 1 rings (SSSR count). The molecule has 0 amide bonds. The molecule has 1 aliphatic rings. The maximum atomic E-state index is 5.35. The van der Waals surface area contributed by atoms with E-state index in [2.05, 4.69) is 37.5 Å². The van der Waals surface area contributed by atoms with Gasteiger partial charge in [-0.05, 0) is 20.3 Å². The van der Waals surface area contributed by atoms with Gasteiger partial charge in [0.1, 0.15) is 0 Å². The fourth-order valence-corrected chi connectivity index (χ4v) is 0.931. The van der Waals surface area contributed by atoms with Crippen molar-refractivity contribution in [1.82, 2.24) is 5.43 Å². The molecule has 1 aliphatic carbocycles. The van der Waals surface area contributed by atoms with Crippen molar-refractivity contribution in [3.63, 3.8) is 0 Å². The second-order valence-corrected chi connectivity index (χ2v) is 3.05. The van der Waals surface area contributed by atoms with Crippen molar-refractivity contribution >= 4 is 0 Å². The highest BCUT2D eigenvalue weighted by Crippen LogP contribution is 2.18. The van der Waals surface area contributed by atoms with E-state index in [0.717, 1.165) is 6.42 Å². The Hall–Kier alpha value is -0.600. The Balaban J connectivity index is 2.67. The number of hydrogen-bond acceptors (Lipinski definition) is 2. The van der Waals surface area contributed by atoms with Crippen molar-refractivity contribution in [3.05, 3.63) is 23.8 Å². The zero-order chi connectivity index (χ0) is 7.61. The fraction of sp³-hybridized carbons (Fsp3) is 0.500. The minimum atomic E-state index is -0.0283. The summed E-state index contributed by atoms with van der Waals surface area (Å²) in [6.45, 7) is 4.17. The third-order valence-electron chi connectivity index (χ3n) is 1.89. The molecule has 0 saturated heterocycles. The van der Waals surface area contributed by atoms with Crippen LogP contribution in [0.4, 0.5) is 0 Å². The van der Waals surface area contributed by atoms with Crippen LogP contribution in [0.25, 0.3) is 0 Å². The van der Waals surface area contributed by atoms with Crippen LogP contribution in [0.1, 0.15) is 20.3 Å². The molecule has 2 nitrogen and oxygen atoms in total. The van der Waals surface area contributed by atoms with Crippen molar-refractivity contribution in [2.24, 2.45) is 5.84 Å². The van der Waals surface area contributed by atoms with Crippen LogP contribution >= 0.6 is 0 Å². The van der Waals surface area contributed by atoms with Gasteiger partial charge >= 0.3 is 0 Å². The molecule has 0 radical (unpaired) electrons. The second kappa shape index (κ2) is 2.56. The van der Waals surface area contributed by atoms with E-state index in [1.807, 2.05) is 0 Å². The zero-order valence-electron chi connectivity index (χ0n) is 6.52. The summed E-state index contributed by atoms with van der Waals surface area (Å²) in [6, 6.07) is 0. The largest absolute Gasteiger partial charge is 0.271 e. The molecule has 0 bridgehead atoms. The maximum Gasteiger partial charge on any atom is 0.0510 e. The van der Waals surface area contributed by atoms with Crippen LogP contribution in [0.3, 0.4) is 0 Å². The standard InChI is InChI=1S/C8H14N2/c1-7-3-5-8(2,10-9)6-4-7/h3-5,10H,6,9H2,1-2H3. The van der Waals surface area contributed by atoms with Gasteiger partial charge in [0.15, 0.2) is 0 Å². The van der Waals surface area contributed by atoms with Gasteiger partial charge in [-0.15, -0.1) is 0 Å².